The third kappa shape index (κ3) is 7.39. The number of rotatable bonds is 8. The zero-order valence-corrected chi connectivity index (χ0v) is 18.9. The molecule has 0 aromatic carbocycles. The van der Waals surface area contributed by atoms with Gasteiger partial charge in [-0.2, -0.15) is 0 Å². The summed E-state index contributed by atoms with van der Waals surface area (Å²) >= 11 is 0. The van der Waals surface area contributed by atoms with Crippen LogP contribution in [-0.4, -0.2) is 38.8 Å². The van der Waals surface area contributed by atoms with E-state index in [2.05, 4.69) is 44.5 Å². The predicted octanol–water partition coefficient (Wildman–Crippen LogP) is 3.99. The van der Waals surface area contributed by atoms with E-state index in [1.54, 1.807) is 0 Å². The monoisotopic (exact) mass is 384 g/mol. The zero-order valence-electron chi connectivity index (χ0n) is 17.9. The van der Waals surface area contributed by atoms with Crippen LogP contribution in [0.4, 0.5) is 0 Å². The smallest absolute Gasteiger partial charge is 0.242 e. The van der Waals surface area contributed by atoms with E-state index in [9.17, 15) is 9.59 Å². The van der Waals surface area contributed by atoms with Crippen LogP contribution in [0, 0.1) is 5.92 Å². The van der Waals surface area contributed by atoms with Gasteiger partial charge >= 0.3 is 0 Å². The van der Waals surface area contributed by atoms with Gasteiger partial charge in [-0.15, -0.1) is 0 Å². The van der Waals surface area contributed by atoms with Crippen molar-refractivity contribution in [2.75, 3.05) is 6.61 Å². The predicted molar refractivity (Wildman–Crippen MR) is 110 cm³/mol. The third-order valence-corrected chi connectivity index (χ3v) is 10.3. The molecule has 1 saturated carbocycles. The molecule has 0 aromatic heterocycles. The number of amides is 2. The Morgan fingerprint density at radius 1 is 1.08 bits per heavy atom. The minimum Gasteiger partial charge on any atom is -0.417 e. The Morgan fingerprint density at radius 2 is 1.65 bits per heavy atom. The maximum atomic E-state index is 12.6. The lowest BCUT2D eigenvalue weighted by Crippen LogP contribution is -2.51. The highest BCUT2D eigenvalue weighted by atomic mass is 28.4. The van der Waals surface area contributed by atoms with Crippen LogP contribution in [0.15, 0.2) is 0 Å². The normalized spacial score (nSPS) is 17.8. The lowest BCUT2D eigenvalue weighted by Gasteiger charge is -2.36. The Labute approximate surface area is 161 Å². The van der Waals surface area contributed by atoms with E-state index in [-0.39, 0.29) is 28.8 Å². The lowest BCUT2D eigenvalue weighted by atomic mass is 9.88. The highest BCUT2D eigenvalue weighted by Crippen LogP contribution is 2.36. The van der Waals surface area contributed by atoms with E-state index in [1.165, 1.54) is 6.42 Å². The highest BCUT2D eigenvalue weighted by Gasteiger charge is 2.37. The number of carbonyl (C=O) groups excluding carboxylic acids is 2. The molecule has 0 saturated heterocycles. The van der Waals surface area contributed by atoms with Crippen molar-refractivity contribution in [3.8, 4) is 0 Å². The quantitative estimate of drug-likeness (QED) is 0.622. The lowest BCUT2D eigenvalue weighted by molar-refractivity contribution is -0.132. The van der Waals surface area contributed by atoms with Crippen LogP contribution in [0.3, 0.4) is 0 Å². The molecule has 2 N–H and O–H groups in total. The van der Waals surface area contributed by atoms with Gasteiger partial charge < -0.3 is 15.1 Å². The van der Waals surface area contributed by atoms with Crippen LogP contribution in [0.25, 0.3) is 0 Å². The second kappa shape index (κ2) is 9.88. The maximum absolute atomic E-state index is 12.6. The Hall–Kier alpha value is -0.883. The standard InChI is InChI=1S/C20H40N2O3Si/c1-15(2)21-19(24)17(13-14-25-26(6,7)20(3,4)5)22-18(23)16-11-9-8-10-12-16/h15-17H,8-14H2,1-7H3,(H,21,24)(H,22,23)/t17-/m0/s1. The molecule has 0 bridgehead atoms. The Bertz CT molecular complexity index is 466. The number of hydrogen-bond donors (Lipinski definition) is 2. The molecule has 1 atom stereocenters. The van der Waals surface area contributed by atoms with Crippen molar-refractivity contribution in [1.29, 1.82) is 0 Å². The fourth-order valence-corrected chi connectivity index (χ4v) is 4.02. The van der Waals surface area contributed by atoms with Crippen LogP contribution >= 0.6 is 0 Å². The fraction of sp³-hybridized carbons (Fsp3) is 0.900. The second-order valence-electron chi connectivity index (χ2n) is 9.46. The van der Waals surface area contributed by atoms with Gasteiger partial charge in [-0.3, -0.25) is 9.59 Å². The summed E-state index contributed by atoms with van der Waals surface area (Å²) in [5.41, 5.74) is 0. The highest BCUT2D eigenvalue weighted by molar-refractivity contribution is 6.74. The molecule has 0 radical (unpaired) electrons. The van der Waals surface area contributed by atoms with Crippen molar-refractivity contribution in [3.63, 3.8) is 0 Å². The maximum Gasteiger partial charge on any atom is 0.242 e. The van der Waals surface area contributed by atoms with Gasteiger partial charge in [0.15, 0.2) is 8.32 Å². The summed E-state index contributed by atoms with van der Waals surface area (Å²) in [4.78, 5) is 25.1. The largest absolute Gasteiger partial charge is 0.417 e. The topological polar surface area (TPSA) is 67.4 Å². The Balaban J connectivity index is 2.66. The molecule has 0 unspecified atom stereocenters. The summed E-state index contributed by atoms with van der Waals surface area (Å²) < 4.78 is 6.21. The number of carbonyl (C=O) groups is 2. The van der Waals surface area contributed by atoms with Gasteiger partial charge in [0.2, 0.25) is 11.8 Å². The fourth-order valence-electron chi connectivity index (χ4n) is 2.96. The molecule has 0 spiro atoms. The van der Waals surface area contributed by atoms with Gasteiger partial charge in [-0.25, -0.2) is 0 Å². The SMILES string of the molecule is CC(C)NC(=O)[C@H](CCO[Si](C)(C)C(C)(C)C)NC(=O)C1CCCCC1. The molecule has 0 aliphatic heterocycles. The molecule has 1 aliphatic rings. The Morgan fingerprint density at radius 3 is 2.15 bits per heavy atom. The van der Waals surface area contributed by atoms with Crippen LogP contribution in [0.5, 0.6) is 0 Å². The van der Waals surface area contributed by atoms with Gasteiger partial charge in [0, 0.05) is 18.6 Å². The average Bonchev–Trinajstić information content (AvgIpc) is 2.52. The second-order valence-corrected chi connectivity index (χ2v) is 14.3. The van der Waals surface area contributed by atoms with Crippen LogP contribution in [0.2, 0.25) is 18.1 Å². The van der Waals surface area contributed by atoms with Crippen molar-refractivity contribution < 1.29 is 14.0 Å². The molecule has 0 heterocycles. The van der Waals surface area contributed by atoms with Gasteiger partial charge in [0.25, 0.3) is 0 Å². The van der Waals surface area contributed by atoms with Gasteiger partial charge in [0.1, 0.15) is 6.04 Å². The van der Waals surface area contributed by atoms with Crippen molar-refractivity contribution in [3.05, 3.63) is 0 Å². The first kappa shape index (κ1) is 23.2. The first-order valence-corrected chi connectivity index (χ1v) is 13.1. The van der Waals surface area contributed by atoms with E-state index in [0.717, 1.165) is 25.7 Å². The molecule has 152 valence electrons. The summed E-state index contributed by atoms with van der Waals surface area (Å²) in [6, 6.07) is -0.463. The summed E-state index contributed by atoms with van der Waals surface area (Å²) in [7, 11) is -1.86. The van der Waals surface area contributed by atoms with Crippen molar-refractivity contribution >= 4 is 20.1 Å². The van der Waals surface area contributed by atoms with Crippen LogP contribution in [-0.2, 0) is 14.0 Å². The summed E-state index contributed by atoms with van der Waals surface area (Å²) in [5.74, 6) is -0.0247. The molecule has 5 nitrogen and oxygen atoms in total. The van der Waals surface area contributed by atoms with E-state index in [1.807, 2.05) is 13.8 Å². The van der Waals surface area contributed by atoms with E-state index in [0.29, 0.717) is 13.0 Å². The molecule has 6 heteroatoms. The molecule has 1 rings (SSSR count). The van der Waals surface area contributed by atoms with Gasteiger partial charge in [-0.05, 0) is 51.2 Å². The van der Waals surface area contributed by atoms with E-state index in [4.69, 9.17) is 4.43 Å². The number of nitrogens with one attached hydrogen (secondary N) is 2. The summed E-state index contributed by atoms with van der Waals surface area (Å²) in [6.07, 6.45) is 5.81. The van der Waals surface area contributed by atoms with Gasteiger partial charge in [0.05, 0.1) is 0 Å². The van der Waals surface area contributed by atoms with Crippen molar-refractivity contribution in [2.24, 2.45) is 5.92 Å². The zero-order chi connectivity index (χ0) is 20.0. The van der Waals surface area contributed by atoms with Crippen molar-refractivity contribution in [2.45, 2.75) is 103 Å². The van der Waals surface area contributed by atoms with Crippen molar-refractivity contribution in [1.82, 2.24) is 10.6 Å². The minimum absolute atomic E-state index is 0.0286. The molecular formula is C20H40N2O3Si. The molecule has 2 amide bonds. The van der Waals surface area contributed by atoms with E-state index < -0.39 is 14.4 Å². The minimum atomic E-state index is -1.86. The molecule has 26 heavy (non-hydrogen) atoms. The summed E-state index contributed by atoms with van der Waals surface area (Å²) in [6.45, 7) is 15.4. The molecule has 1 aliphatic carbocycles. The van der Waals surface area contributed by atoms with Gasteiger partial charge in [-0.1, -0.05) is 40.0 Å². The number of hydrogen-bond acceptors (Lipinski definition) is 3. The first-order chi connectivity index (χ1) is 11.9. The molecule has 0 aromatic rings. The Kier molecular flexibility index (Phi) is 8.80. The van der Waals surface area contributed by atoms with E-state index >= 15 is 0 Å². The third-order valence-electron chi connectivity index (χ3n) is 5.72. The summed E-state index contributed by atoms with van der Waals surface area (Å²) in [5, 5.41) is 6.07. The average molecular weight is 385 g/mol. The molecular weight excluding hydrogens is 344 g/mol. The van der Waals surface area contributed by atoms with Crippen LogP contribution < -0.4 is 10.6 Å². The first-order valence-electron chi connectivity index (χ1n) is 10.2. The van der Waals surface area contributed by atoms with Crippen LogP contribution in [0.1, 0.15) is 73.1 Å². The molecule has 1 fully saturated rings.